The molecule has 0 spiro atoms. The number of carbonyl (C=O) groups excluding carboxylic acids is 1. The number of carbonyl (C=O) groups is 1. The minimum atomic E-state index is -3.46. The zero-order valence-electron chi connectivity index (χ0n) is 17.3. The summed E-state index contributed by atoms with van der Waals surface area (Å²) in [6.45, 7) is 0.155. The average molecular weight is 516 g/mol. The van der Waals surface area contributed by atoms with Crippen molar-refractivity contribution < 1.29 is 17.9 Å². The fourth-order valence-electron chi connectivity index (χ4n) is 3.36. The summed E-state index contributed by atoms with van der Waals surface area (Å²) in [6, 6.07) is 13.8. The SMILES string of the molecule is COC(=O)c1cc(-c2ccc(Cl)cc2Cl)c(-c2ccc(Cl)cc2)n1CCC(N)S(C)(=O)=O. The largest absolute Gasteiger partial charge is 0.464 e. The number of nitrogens with zero attached hydrogens (tertiary/aromatic N) is 1. The third-order valence-electron chi connectivity index (χ3n) is 5.02. The van der Waals surface area contributed by atoms with Crippen molar-refractivity contribution in [1.29, 1.82) is 0 Å². The number of methoxy groups -OCH3 is 1. The Bertz CT molecular complexity index is 1250. The highest BCUT2D eigenvalue weighted by molar-refractivity contribution is 7.91. The molecule has 6 nitrogen and oxygen atoms in total. The fraction of sp³-hybridized carbons (Fsp3) is 0.227. The molecular formula is C22H21Cl3N2O4S. The summed E-state index contributed by atoms with van der Waals surface area (Å²) in [5, 5.41) is 0.328. The van der Waals surface area contributed by atoms with Crippen LogP contribution in [0.4, 0.5) is 0 Å². The summed E-state index contributed by atoms with van der Waals surface area (Å²) in [5.41, 5.74) is 8.79. The number of halogens is 3. The van der Waals surface area contributed by atoms with Crippen molar-refractivity contribution in [2.75, 3.05) is 13.4 Å². The summed E-state index contributed by atoms with van der Waals surface area (Å²) in [5.74, 6) is -0.579. The molecule has 0 saturated carbocycles. The monoisotopic (exact) mass is 514 g/mol. The van der Waals surface area contributed by atoms with E-state index in [0.717, 1.165) is 11.8 Å². The molecule has 3 rings (SSSR count). The Morgan fingerprint density at radius 2 is 1.66 bits per heavy atom. The molecule has 1 unspecified atom stereocenters. The smallest absolute Gasteiger partial charge is 0.354 e. The van der Waals surface area contributed by atoms with Crippen LogP contribution in [0.2, 0.25) is 15.1 Å². The van der Waals surface area contributed by atoms with Gasteiger partial charge in [-0.1, -0.05) is 53.0 Å². The lowest BCUT2D eigenvalue weighted by Gasteiger charge is -2.17. The van der Waals surface area contributed by atoms with E-state index in [4.69, 9.17) is 45.3 Å². The molecule has 32 heavy (non-hydrogen) atoms. The maximum Gasteiger partial charge on any atom is 0.354 e. The van der Waals surface area contributed by atoms with Gasteiger partial charge in [0.1, 0.15) is 11.1 Å². The van der Waals surface area contributed by atoms with Gasteiger partial charge in [-0.05, 0) is 42.3 Å². The average Bonchev–Trinajstić information content (AvgIpc) is 3.10. The quantitative estimate of drug-likeness (QED) is 0.432. The van der Waals surface area contributed by atoms with E-state index in [0.29, 0.717) is 31.9 Å². The normalized spacial score (nSPS) is 12.6. The summed E-state index contributed by atoms with van der Waals surface area (Å²) < 4.78 is 30.4. The van der Waals surface area contributed by atoms with E-state index in [-0.39, 0.29) is 18.7 Å². The number of rotatable bonds is 7. The van der Waals surface area contributed by atoms with Crippen LogP contribution in [0.25, 0.3) is 22.4 Å². The van der Waals surface area contributed by atoms with Crippen LogP contribution in [-0.4, -0.2) is 37.7 Å². The molecule has 10 heteroatoms. The number of hydrogen-bond donors (Lipinski definition) is 1. The van der Waals surface area contributed by atoms with Crippen LogP contribution in [0, 0.1) is 0 Å². The van der Waals surface area contributed by atoms with Crippen LogP contribution in [0.5, 0.6) is 0 Å². The Morgan fingerprint density at radius 3 is 2.22 bits per heavy atom. The Morgan fingerprint density at radius 1 is 1.03 bits per heavy atom. The van der Waals surface area contributed by atoms with Gasteiger partial charge in [0, 0.05) is 39.0 Å². The predicted octanol–water partition coefficient (Wildman–Crippen LogP) is 5.29. The highest BCUT2D eigenvalue weighted by Gasteiger charge is 2.25. The molecule has 1 atom stereocenters. The minimum absolute atomic E-state index is 0.0892. The third kappa shape index (κ3) is 5.30. The predicted molar refractivity (Wildman–Crippen MR) is 129 cm³/mol. The molecule has 3 aromatic rings. The zero-order valence-corrected chi connectivity index (χ0v) is 20.4. The number of benzene rings is 2. The van der Waals surface area contributed by atoms with Crippen LogP contribution in [0.15, 0.2) is 48.5 Å². The van der Waals surface area contributed by atoms with Crippen molar-refractivity contribution in [3.8, 4) is 22.4 Å². The van der Waals surface area contributed by atoms with Gasteiger partial charge in [-0.3, -0.25) is 0 Å². The lowest BCUT2D eigenvalue weighted by Crippen LogP contribution is -2.31. The van der Waals surface area contributed by atoms with Gasteiger partial charge in [-0.15, -0.1) is 0 Å². The number of esters is 1. The third-order valence-corrected chi connectivity index (χ3v) is 7.15. The Labute approximate surface area is 201 Å². The number of sulfone groups is 1. The fourth-order valence-corrected chi connectivity index (χ4v) is 4.53. The number of nitrogens with two attached hydrogens (primary N) is 1. The molecule has 0 aliphatic rings. The second-order valence-electron chi connectivity index (χ2n) is 7.22. The Kier molecular flexibility index (Phi) is 7.57. The molecule has 0 fully saturated rings. The highest BCUT2D eigenvalue weighted by Crippen LogP contribution is 2.40. The van der Waals surface area contributed by atoms with E-state index < -0.39 is 21.2 Å². The van der Waals surface area contributed by atoms with Gasteiger partial charge in [0.05, 0.1) is 12.8 Å². The van der Waals surface area contributed by atoms with Crippen LogP contribution in [0.3, 0.4) is 0 Å². The van der Waals surface area contributed by atoms with Gasteiger partial charge in [0.15, 0.2) is 9.84 Å². The van der Waals surface area contributed by atoms with Gasteiger partial charge < -0.3 is 15.0 Å². The van der Waals surface area contributed by atoms with E-state index in [2.05, 4.69) is 0 Å². The Hall–Kier alpha value is -2.03. The van der Waals surface area contributed by atoms with Gasteiger partial charge in [-0.25, -0.2) is 13.2 Å². The van der Waals surface area contributed by atoms with Gasteiger partial charge >= 0.3 is 5.97 Å². The van der Waals surface area contributed by atoms with E-state index in [1.165, 1.54) is 7.11 Å². The first-order valence-electron chi connectivity index (χ1n) is 9.50. The van der Waals surface area contributed by atoms with E-state index in [1.807, 2.05) is 0 Å². The lowest BCUT2D eigenvalue weighted by atomic mass is 10.0. The molecule has 0 aliphatic carbocycles. The summed E-state index contributed by atoms with van der Waals surface area (Å²) >= 11 is 18.6. The molecule has 0 bridgehead atoms. The van der Waals surface area contributed by atoms with E-state index >= 15 is 0 Å². The first-order chi connectivity index (χ1) is 15.0. The second kappa shape index (κ2) is 9.85. The van der Waals surface area contributed by atoms with Crippen molar-refractivity contribution in [2.24, 2.45) is 5.73 Å². The second-order valence-corrected chi connectivity index (χ2v) is 10.8. The van der Waals surface area contributed by atoms with Crippen molar-refractivity contribution >= 4 is 50.6 Å². The first-order valence-corrected chi connectivity index (χ1v) is 12.6. The highest BCUT2D eigenvalue weighted by atomic mass is 35.5. The minimum Gasteiger partial charge on any atom is -0.464 e. The molecule has 2 aromatic carbocycles. The topological polar surface area (TPSA) is 91.4 Å². The van der Waals surface area contributed by atoms with Gasteiger partial charge in [0.25, 0.3) is 0 Å². The van der Waals surface area contributed by atoms with Crippen LogP contribution >= 0.6 is 34.8 Å². The van der Waals surface area contributed by atoms with Crippen molar-refractivity contribution in [1.82, 2.24) is 4.57 Å². The molecule has 0 amide bonds. The Balaban J connectivity index is 2.27. The maximum absolute atomic E-state index is 12.6. The van der Waals surface area contributed by atoms with E-state index in [9.17, 15) is 13.2 Å². The molecule has 0 radical (unpaired) electrons. The molecule has 0 saturated heterocycles. The molecule has 1 heterocycles. The van der Waals surface area contributed by atoms with Crippen molar-refractivity contribution in [2.45, 2.75) is 18.3 Å². The van der Waals surface area contributed by atoms with Gasteiger partial charge in [-0.2, -0.15) is 0 Å². The summed E-state index contributed by atoms with van der Waals surface area (Å²) in [6.07, 6.45) is 1.17. The lowest BCUT2D eigenvalue weighted by molar-refractivity contribution is 0.0588. The number of ether oxygens (including phenoxy) is 1. The van der Waals surface area contributed by atoms with E-state index in [1.54, 1.807) is 53.1 Å². The number of aromatic nitrogens is 1. The standard InChI is InChI=1S/C22H21Cl3N2O4S/c1-31-22(28)19-12-17(16-8-7-15(24)11-18(16)25)21(13-3-5-14(23)6-4-13)27(19)10-9-20(26)32(2,29)30/h3-8,11-12,20H,9-10,26H2,1-2H3. The van der Waals surface area contributed by atoms with Crippen LogP contribution in [0.1, 0.15) is 16.9 Å². The molecule has 2 N–H and O–H groups in total. The van der Waals surface area contributed by atoms with Crippen molar-refractivity contribution in [3.63, 3.8) is 0 Å². The van der Waals surface area contributed by atoms with Crippen LogP contribution < -0.4 is 5.73 Å². The number of hydrogen-bond acceptors (Lipinski definition) is 5. The van der Waals surface area contributed by atoms with Gasteiger partial charge in [0.2, 0.25) is 0 Å². The zero-order chi connectivity index (χ0) is 23.6. The molecule has 170 valence electrons. The van der Waals surface area contributed by atoms with Crippen molar-refractivity contribution in [3.05, 3.63) is 69.3 Å². The maximum atomic E-state index is 12.6. The first kappa shape index (κ1) is 24.6. The molecular weight excluding hydrogens is 495 g/mol. The summed E-state index contributed by atoms with van der Waals surface area (Å²) in [4.78, 5) is 12.6. The molecule has 1 aromatic heterocycles. The summed E-state index contributed by atoms with van der Waals surface area (Å²) in [7, 11) is -2.18. The molecule has 0 aliphatic heterocycles. The van der Waals surface area contributed by atoms with Crippen LogP contribution in [-0.2, 0) is 21.1 Å².